The number of hydrogen-bond donors (Lipinski definition) is 0. The molecule has 1 heterocycles. The van der Waals surface area contributed by atoms with E-state index < -0.39 is 0 Å². The van der Waals surface area contributed by atoms with Crippen LogP contribution in [-0.4, -0.2) is 38.1 Å². The molecule has 0 aliphatic heterocycles. The smallest absolute Gasteiger partial charge is 0.128 e. The van der Waals surface area contributed by atoms with Crippen molar-refractivity contribution >= 4 is 11.4 Å². The highest BCUT2D eigenvalue weighted by atomic mass is 16.5. The van der Waals surface area contributed by atoms with Gasteiger partial charge in [-0.2, -0.15) is 0 Å². The number of aromatic nitrogens is 1. The highest BCUT2D eigenvalue weighted by molar-refractivity contribution is 5.76. The third kappa shape index (κ3) is 5.10. The SMILES string of the molecule is C=C(N=NN(C)c1ccc(-c2ccccc2CN(C)C)c(OC)c1)c1ccccn1. The van der Waals surface area contributed by atoms with E-state index >= 15 is 0 Å². The lowest BCUT2D eigenvalue weighted by atomic mass is 9.98. The van der Waals surface area contributed by atoms with Gasteiger partial charge < -0.3 is 9.64 Å². The van der Waals surface area contributed by atoms with Crippen molar-refractivity contribution in [2.45, 2.75) is 6.54 Å². The van der Waals surface area contributed by atoms with Gasteiger partial charge in [-0.3, -0.25) is 4.98 Å². The van der Waals surface area contributed by atoms with Crippen LogP contribution in [0, 0.1) is 0 Å². The Morgan fingerprint density at radius 3 is 2.47 bits per heavy atom. The first-order valence-electron chi connectivity index (χ1n) is 9.66. The van der Waals surface area contributed by atoms with Crippen LogP contribution in [-0.2, 0) is 6.54 Å². The Kier molecular flexibility index (Phi) is 6.93. The molecule has 0 saturated carbocycles. The lowest BCUT2D eigenvalue weighted by Gasteiger charge is -2.18. The summed E-state index contributed by atoms with van der Waals surface area (Å²) in [7, 11) is 7.65. The summed E-state index contributed by atoms with van der Waals surface area (Å²) in [5.74, 6) is 0.782. The van der Waals surface area contributed by atoms with E-state index in [1.165, 1.54) is 5.56 Å². The molecule has 154 valence electrons. The van der Waals surface area contributed by atoms with Crippen LogP contribution in [0.15, 0.2) is 83.8 Å². The number of ether oxygens (including phenoxy) is 1. The average molecular weight is 402 g/mol. The fraction of sp³-hybridized carbons (Fsp3) is 0.208. The molecule has 3 aromatic rings. The second kappa shape index (κ2) is 9.80. The molecule has 0 atom stereocenters. The fourth-order valence-electron chi connectivity index (χ4n) is 3.12. The fourth-order valence-corrected chi connectivity index (χ4v) is 3.12. The Morgan fingerprint density at radius 1 is 1.00 bits per heavy atom. The summed E-state index contributed by atoms with van der Waals surface area (Å²) in [5.41, 5.74) is 5.50. The van der Waals surface area contributed by atoms with Gasteiger partial charge in [-0.15, -0.1) is 5.11 Å². The van der Waals surface area contributed by atoms with Crippen molar-refractivity contribution in [3.8, 4) is 16.9 Å². The van der Waals surface area contributed by atoms with Gasteiger partial charge in [-0.05, 0) is 49.5 Å². The van der Waals surface area contributed by atoms with Gasteiger partial charge in [0.25, 0.3) is 0 Å². The third-order valence-corrected chi connectivity index (χ3v) is 4.61. The number of pyridine rings is 1. The molecule has 0 spiro atoms. The van der Waals surface area contributed by atoms with Crippen LogP contribution in [0.25, 0.3) is 16.8 Å². The van der Waals surface area contributed by atoms with Gasteiger partial charge >= 0.3 is 0 Å². The molecule has 6 heteroatoms. The van der Waals surface area contributed by atoms with E-state index in [0.29, 0.717) is 11.4 Å². The summed E-state index contributed by atoms with van der Waals surface area (Å²) in [6.45, 7) is 4.79. The summed E-state index contributed by atoms with van der Waals surface area (Å²) in [6.07, 6.45) is 1.71. The topological polar surface area (TPSA) is 53.3 Å². The zero-order valence-electron chi connectivity index (χ0n) is 17.9. The first kappa shape index (κ1) is 21.2. The van der Waals surface area contributed by atoms with Gasteiger partial charge in [0.15, 0.2) is 0 Å². The number of rotatable bonds is 8. The van der Waals surface area contributed by atoms with Crippen LogP contribution >= 0.6 is 0 Å². The molecule has 3 rings (SSSR count). The summed E-state index contributed by atoms with van der Waals surface area (Å²) in [6, 6.07) is 20.0. The summed E-state index contributed by atoms with van der Waals surface area (Å²) in [4.78, 5) is 6.39. The minimum atomic E-state index is 0.503. The van der Waals surface area contributed by atoms with E-state index in [4.69, 9.17) is 4.74 Å². The standard InChI is InChI=1S/C24H27N5O/c1-18(23-12-8-9-15-25-23)26-27-29(4)20-13-14-22(24(16-20)30-5)21-11-7-6-10-19(21)17-28(2)3/h6-16H,1,17H2,2-5H3. The van der Waals surface area contributed by atoms with E-state index in [1.807, 2.05) is 43.4 Å². The number of hydrogen-bond acceptors (Lipinski definition) is 5. The largest absolute Gasteiger partial charge is 0.496 e. The van der Waals surface area contributed by atoms with Gasteiger partial charge in [0, 0.05) is 31.4 Å². The van der Waals surface area contributed by atoms with Crippen molar-refractivity contribution in [3.05, 3.63) is 84.7 Å². The molecule has 1 aromatic heterocycles. The zero-order chi connectivity index (χ0) is 21.5. The van der Waals surface area contributed by atoms with Crippen LogP contribution in [0.3, 0.4) is 0 Å². The number of nitrogens with zero attached hydrogens (tertiary/aromatic N) is 5. The molecular weight excluding hydrogens is 374 g/mol. The molecule has 2 aromatic carbocycles. The second-order valence-corrected chi connectivity index (χ2v) is 7.15. The molecule has 0 aliphatic rings. The molecular formula is C24H27N5O. The molecule has 0 radical (unpaired) electrons. The van der Waals surface area contributed by atoms with Crippen LogP contribution in [0.5, 0.6) is 5.75 Å². The van der Waals surface area contributed by atoms with Crippen molar-refractivity contribution < 1.29 is 4.74 Å². The number of methoxy groups -OCH3 is 1. The Labute approximate surface area is 178 Å². The highest BCUT2D eigenvalue weighted by Crippen LogP contribution is 2.35. The van der Waals surface area contributed by atoms with E-state index in [0.717, 1.165) is 29.1 Å². The van der Waals surface area contributed by atoms with Gasteiger partial charge in [-0.25, -0.2) is 5.01 Å². The van der Waals surface area contributed by atoms with Gasteiger partial charge in [0.2, 0.25) is 0 Å². The molecule has 0 bridgehead atoms. The maximum atomic E-state index is 5.71. The first-order chi connectivity index (χ1) is 14.5. The molecule has 0 amide bonds. The Morgan fingerprint density at radius 2 is 1.77 bits per heavy atom. The van der Waals surface area contributed by atoms with Crippen LogP contribution in [0.2, 0.25) is 0 Å². The lowest BCUT2D eigenvalue weighted by molar-refractivity contribution is 0.402. The van der Waals surface area contributed by atoms with Gasteiger partial charge in [-0.1, -0.05) is 42.1 Å². The predicted octanol–water partition coefficient (Wildman–Crippen LogP) is 5.29. The minimum Gasteiger partial charge on any atom is -0.496 e. The average Bonchev–Trinajstić information content (AvgIpc) is 2.77. The van der Waals surface area contributed by atoms with Crippen LogP contribution in [0.1, 0.15) is 11.3 Å². The van der Waals surface area contributed by atoms with Crippen molar-refractivity contribution in [1.29, 1.82) is 0 Å². The van der Waals surface area contributed by atoms with Crippen molar-refractivity contribution in [3.63, 3.8) is 0 Å². The summed E-state index contributed by atoms with van der Waals surface area (Å²) < 4.78 is 5.71. The highest BCUT2D eigenvalue weighted by Gasteiger charge is 2.13. The van der Waals surface area contributed by atoms with Gasteiger partial charge in [0.05, 0.1) is 18.5 Å². The summed E-state index contributed by atoms with van der Waals surface area (Å²) >= 11 is 0. The van der Waals surface area contributed by atoms with Crippen LogP contribution < -0.4 is 9.75 Å². The number of benzene rings is 2. The van der Waals surface area contributed by atoms with Crippen molar-refractivity contribution in [1.82, 2.24) is 9.88 Å². The Hall–Kier alpha value is -3.51. The monoisotopic (exact) mass is 401 g/mol. The molecule has 0 fully saturated rings. The normalized spacial score (nSPS) is 11.1. The van der Waals surface area contributed by atoms with E-state index in [1.54, 1.807) is 18.3 Å². The summed E-state index contributed by atoms with van der Waals surface area (Å²) in [5, 5.41) is 10.1. The zero-order valence-corrected chi connectivity index (χ0v) is 17.9. The Bertz CT molecular complexity index is 1030. The second-order valence-electron chi connectivity index (χ2n) is 7.15. The lowest BCUT2D eigenvalue weighted by Crippen LogP contribution is -2.11. The molecule has 0 aliphatic carbocycles. The van der Waals surface area contributed by atoms with Gasteiger partial charge in [0.1, 0.15) is 11.4 Å². The maximum absolute atomic E-state index is 5.71. The molecule has 0 unspecified atom stereocenters. The van der Waals surface area contributed by atoms with Crippen molar-refractivity contribution in [2.24, 2.45) is 10.3 Å². The predicted molar refractivity (Wildman–Crippen MR) is 122 cm³/mol. The quantitative estimate of drug-likeness (QED) is 0.380. The molecule has 0 N–H and O–H groups in total. The molecule has 0 saturated heterocycles. The van der Waals surface area contributed by atoms with Crippen molar-refractivity contribution in [2.75, 3.05) is 33.3 Å². The molecule has 30 heavy (non-hydrogen) atoms. The van der Waals surface area contributed by atoms with Crippen LogP contribution in [0.4, 0.5) is 5.69 Å². The van der Waals surface area contributed by atoms with E-state index in [-0.39, 0.29) is 0 Å². The number of anilines is 1. The Balaban J connectivity index is 1.86. The third-order valence-electron chi connectivity index (χ3n) is 4.61. The maximum Gasteiger partial charge on any atom is 0.128 e. The first-order valence-corrected chi connectivity index (χ1v) is 9.66. The van der Waals surface area contributed by atoms with E-state index in [9.17, 15) is 0 Å². The van der Waals surface area contributed by atoms with E-state index in [2.05, 4.69) is 65.2 Å². The minimum absolute atomic E-state index is 0.503. The molecule has 6 nitrogen and oxygen atoms in total.